The van der Waals surface area contributed by atoms with E-state index in [1.54, 1.807) is 37.6 Å². The molecule has 0 bridgehead atoms. The number of fused-ring (bicyclic) bond motifs is 1. The molecule has 0 fully saturated rings. The summed E-state index contributed by atoms with van der Waals surface area (Å²) in [6.45, 7) is 0.718. The number of ether oxygens (including phenoxy) is 1. The molecule has 1 N–H and O–H groups in total. The third-order valence-corrected chi connectivity index (χ3v) is 3.99. The maximum Gasteiger partial charge on any atom is 0.338 e. The Labute approximate surface area is 143 Å². The molecule has 1 aromatic carbocycles. The summed E-state index contributed by atoms with van der Waals surface area (Å²) >= 11 is 1.46. The molecule has 0 saturated heterocycles. The number of hydrogen-bond acceptors (Lipinski definition) is 7. The largest absolute Gasteiger partial charge is 0.460 e. The highest BCUT2D eigenvalue weighted by atomic mass is 32.2. The number of esters is 1. The first-order valence-corrected chi connectivity index (χ1v) is 8.62. The quantitative estimate of drug-likeness (QED) is 0.418. The number of benzene rings is 1. The van der Waals surface area contributed by atoms with E-state index in [1.165, 1.54) is 11.8 Å². The third kappa shape index (κ3) is 3.33. The van der Waals surface area contributed by atoms with Gasteiger partial charge < -0.3 is 14.6 Å². The number of hydrogen-bond donors (Lipinski definition) is 1. The summed E-state index contributed by atoms with van der Waals surface area (Å²) in [6.07, 6.45) is 3.60. The van der Waals surface area contributed by atoms with Crippen LogP contribution in [0.2, 0.25) is 0 Å². The summed E-state index contributed by atoms with van der Waals surface area (Å²) in [6, 6.07) is 8.93. The molecule has 0 atom stereocenters. The van der Waals surface area contributed by atoms with Gasteiger partial charge in [-0.3, -0.25) is 0 Å². The zero-order valence-electron chi connectivity index (χ0n) is 13.4. The number of rotatable bonds is 6. The van der Waals surface area contributed by atoms with Gasteiger partial charge >= 0.3 is 5.97 Å². The standard InChI is InChI=1S/C16H17N5O2S/c1-17-13-12-14(20-16(19-13)24-2)21(10-18-12)8-9-23-15(22)11-6-4-3-5-7-11/h3-7,10H,8-9H2,1-2H3,(H,17,19,20). The van der Waals surface area contributed by atoms with Crippen molar-refractivity contribution in [3.63, 3.8) is 0 Å². The fraction of sp³-hybridized carbons (Fsp3) is 0.250. The predicted octanol–water partition coefficient (Wildman–Crippen LogP) is 2.45. The van der Waals surface area contributed by atoms with E-state index in [2.05, 4.69) is 20.3 Å². The van der Waals surface area contributed by atoms with Crippen LogP contribution >= 0.6 is 11.8 Å². The molecule has 0 saturated carbocycles. The van der Waals surface area contributed by atoms with Gasteiger partial charge in [-0.2, -0.15) is 0 Å². The zero-order chi connectivity index (χ0) is 16.9. The fourth-order valence-corrected chi connectivity index (χ4v) is 2.61. The van der Waals surface area contributed by atoms with Gasteiger partial charge in [0.25, 0.3) is 0 Å². The fourth-order valence-electron chi connectivity index (χ4n) is 2.25. The Morgan fingerprint density at radius 3 is 2.79 bits per heavy atom. The Morgan fingerprint density at radius 1 is 1.29 bits per heavy atom. The highest BCUT2D eigenvalue weighted by Crippen LogP contribution is 2.21. The van der Waals surface area contributed by atoms with Gasteiger partial charge in [0, 0.05) is 7.05 Å². The van der Waals surface area contributed by atoms with Gasteiger partial charge in [0.15, 0.2) is 16.6 Å². The van der Waals surface area contributed by atoms with Gasteiger partial charge in [0.05, 0.1) is 18.4 Å². The Kier molecular flexibility index (Phi) is 4.95. The smallest absolute Gasteiger partial charge is 0.338 e. The predicted molar refractivity (Wildman–Crippen MR) is 93.4 cm³/mol. The summed E-state index contributed by atoms with van der Waals surface area (Å²) in [5.74, 6) is 0.347. The average molecular weight is 343 g/mol. The van der Waals surface area contributed by atoms with E-state index < -0.39 is 0 Å². The third-order valence-electron chi connectivity index (χ3n) is 3.44. The van der Waals surface area contributed by atoms with Gasteiger partial charge in [-0.05, 0) is 18.4 Å². The van der Waals surface area contributed by atoms with Gasteiger partial charge in [-0.1, -0.05) is 30.0 Å². The maximum atomic E-state index is 12.0. The van der Waals surface area contributed by atoms with E-state index in [4.69, 9.17) is 4.74 Å². The monoisotopic (exact) mass is 343 g/mol. The molecule has 0 aliphatic carbocycles. The number of carbonyl (C=O) groups is 1. The molecule has 0 unspecified atom stereocenters. The van der Waals surface area contributed by atoms with Crippen LogP contribution in [0.5, 0.6) is 0 Å². The SMILES string of the molecule is CNc1nc(SC)nc2c1ncn2CCOC(=O)c1ccccc1. The number of aromatic nitrogens is 4. The number of nitrogens with zero attached hydrogens (tertiary/aromatic N) is 4. The summed E-state index contributed by atoms with van der Waals surface area (Å²) in [7, 11) is 1.80. The average Bonchev–Trinajstić information content (AvgIpc) is 3.04. The lowest BCUT2D eigenvalue weighted by Crippen LogP contribution is -2.11. The lowest BCUT2D eigenvalue weighted by molar-refractivity contribution is 0.0492. The van der Waals surface area contributed by atoms with Crippen molar-refractivity contribution in [3.05, 3.63) is 42.2 Å². The Bertz CT molecular complexity index is 850. The van der Waals surface area contributed by atoms with Crippen molar-refractivity contribution < 1.29 is 9.53 Å². The van der Waals surface area contributed by atoms with Crippen LogP contribution in [0.3, 0.4) is 0 Å². The van der Waals surface area contributed by atoms with Gasteiger partial charge in [0.2, 0.25) is 0 Å². The van der Waals surface area contributed by atoms with Crippen molar-refractivity contribution in [1.29, 1.82) is 0 Å². The second-order valence-corrected chi connectivity index (χ2v) is 5.69. The van der Waals surface area contributed by atoms with E-state index in [0.29, 0.717) is 28.6 Å². The molecule has 0 amide bonds. The number of carbonyl (C=O) groups excluding carboxylic acids is 1. The van der Waals surface area contributed by atoms with Crippen LogP contribution in [0, 0.1) is 0 Å². The topological polar surface area (TPSA) is 81.9 Å². The first kappa shape index (κ1) is 16.3. The highest BCUT2D eigenvalue weighted by molar-refractivity contribution is 7.98. The molecule has 8 heteroatoms. The van der Waals surface area contributed by atoms with E-state index in [0.717, 1.165) is 5.65 Å². The first-order valence-electron chi connectivity index (χ1n) is 7.39. The van der Waals surface area contributed by atoms with Crippen molar-refractivity contribution in [2.45, 2.75) is 11.7 Å². The van der Waals surface area contributed by atoms with Crippen LogP contribution in [0.25, 0.3) is 11.2 Å². The minimum Gasteiger partial charge on any atom is -0.460 e. The van der Waals surface area contributed by atoms with Crippen LogP contribution < -0.4 is 5.32 Å². The molecule has 0 aliphatic heterocycles. The lowest BCUT2D eigenvalue weighted by Gasteiger charge is -2.07. The molecule has 124 valence electrons. The summed E-state index contributed by atoms with van der Waals surface area (Å²) < 4.78 is 7.17. The second-order valence-electron chi connectivity index (χ2n) is 4.92. The van der Waals surface area contributed by atoms with E-state index in [-0.39, 0.29) is 12.6 Å². The van der Waals surface area contributed by atoms with Crippen LogP contribution in [0.15, 0.2) is 41.8 Å². The molecular formula is C16H17N5O2S. The molecule has 7 nitrogen and oxygen atoms in total. The van der Waals surface area contributed by atoms with Gasteiger partial charge in [-0.15, -0.1) is 0 Å². The van der Waals surface area contributed by atoms with Crippen LogP contribution in [0.4, 0.5) is 5.82 Å². The number of nitrogens with one attached hydrogen (secondary N) is 1. The molecule has 3 aromatic rings. The van der Waals surface area contributed by atoms with Gasteiger partial charge in [-0.25, -0.2) is 19.7 Å². The Morgan fingerprint density at radius 2 is 2.08 bits per heavy atom. The number of anilines is 1. The molecule has 0 radical (unpaired) electrons. The number of thioether (sulfide) groups is 1. The van der Waals surface area contributed by atoms with E-state index in [1.807, 2.05) is 16.9 Å². The molecule has 2 aromatic heterocycles. The summed E-state index contributed by atoms with van der Waals surface area (Å²) in [5.41, 5.74) is 1.96. The lowest BCUT2D eigenvalue weighted by atomic mass is 10.2. The highest BCUT2D eigenvalue weighted by Gasteiger charge is 2.13. The van der Waals surface area contributed by atoms with Crippen LogP contribution in [-0.2, 0) is 11.3 Å². The zero-order valence-corrected chi connectivity index (χ0v) is 14.2. The van der Waals surface area contributed by atoms with E-state index >= 15 is 0 Å². The Hall–Kier alpha value is -2.61. The normalized spacial score (nSPS) is 10.8. The molecular weight excluding hydrogens is 326 g/mol. The van der Waals surface area contributed by atoms with Crippen molar-refractivity contribution >= 4 is 34.7 Å². The molecule has 3 rings (SSSR count). The van der Waals surface area contributed by atoms with Crippen molar-refractivity contribution in [1.82, 2.24) is 19.5 Å². The van der Waals surface area contributed by atoms with Crippen molar-refractivity contribution in [2.75, 3.05) is 25.2 Å². The summed E-state index contributed by atoms with van der Waals surface area (Å²) in [4.78, 5) is 25.2. The van der Waals surface area contributed by atoms with Crippen molar-refractivity contribution in [3.8, 4) is 0 Å². The minimum atomic E-state index is -0.338. The molecule has 0 aliphatic rings. The molecule has 0 spiro atoms. The van der Waals surface area contributed by atoms with Crippen molar-refractivity contribution in [2.24, 2.45) is 0 Å². The van der Waals surface area contributed by atoms with Crippen LogP contribution in [-0.4, -0.2) is 45.4 Å². The first-order chi connectivity index (χ1) is 11.7. The van der Waals surface area contributed by atoms with Gasteiger partial charge in [0.1, 0.15) is 12.1 Å². The minimum absolute atomic E-state index is 0.243. The molecule has 24 heavy (non-hydrogen) atoms. The Balaban J connectivity index is 1.73. The molecule has 2 heterocycles. The second kappa shape index (κ2) is 7.31. The number of imidazole rings is 1. The van der Waals surface area contributed by atoms with E-state index in [9.17, 15) is 4.79 Å². The van der Waals surface area contributed by atoms with Crippen LogP contribution in [0.1, 0.15) is 10.4 Å². The maximum absolute atomic E-state index is 12.0. The summed E-state index contributed by atoms with van der Waals surface area (Å²) in [5, 5.41) is 3.69.